The van der Waals surface area contributed by atoms with Crippen LogP contribution in [0.4, 0.5) is 0 Å². The van der Waals surface area contributed by atoms with Gasteiger partial charge >= 0.3 is 0 Å². The lowest BCUT2D eigenvalue weighted by Gasteiger charge is -2.41. The lowest BCUT2D eigenvalue weighted by atomic mass is 9.96. The Morgan fingerprint density at radius 2 is 1.93 bits per heavy atom. The van der Waals surface area contributed by atoms with Crippen molar-refractivity contribution in [1.82, 2.24) is 4.90 Å². The van der Waals surface area contributed by atoms with Crippen LogP contribution in [0.1, 0.15) is 49.3 Å². The number of rotatable bonds is 4. The van der Waals surface area contributed by atoms with E-state index in [4.69, 9.17) is 1.37 Å². The third-order valence-corrected chi connectivity index (χ3v) is 2.32. The summed E-state index contributed by atoms with van der Waals surface area (Å²) in [5, 5.41) is 0. The minimum absolute atomic E-state index is 0.0419. The van der Waals surface area contributed by atoms with Crippen molar-refractivity contribution in [2.75, 3.05) is 0 Å². The first kappa shape index (κ1) is 12.2. The molecule has 0 rings (SSSR count). The van der Waals surface area contributed by atoms with Crippen LogP contribution >= 0.6 is 0 Å². The fraction of sp³-hybridized carbons (Fsp3) is 0.833. The Balaban J connectivity index is 5.30. The molecule has 0 radical (unpaired) electrons. The van der Waals surface area contributed by atoms with Crippen LogP contribution in [-0.2, 0) is 9.59 Å². The Hall–Kier alpha value is -0.860. The van der Waals surface area contributed by atoms with Crippen LogP contribution in [0, 0.1) is 5.92 Å². The van der Waals surface area contributed by atoms with Crippen LogP contribution in [0.5, 0.6) is 0 Å². The topological polar surface area (TPSA) is 37.4 Å². The van der Waals surface area contributed by atoms with Gasteiger partial charge in [-0.1, -0.05) is 20.8 Å². The van der Waals surface area contributed by atoms with Crippen molar-refractivity contribution in [2.24, 2.45) is 5.92 Å². The number of carbonyl (C=O) groups excluding carboxylic acids is 2. The van der Waals surface area contributed by atoms with Gasteiger partial charge < -0.3 is 9.69 Å². The molecule has 3 heteroatoms. The highest BCUT2D eigenvalue weighted by atomic mass is 16.2. The summed E-state index contributed by atoms with van der Waals surface area (Å²) in [6, 6.07) is -0.646. The van der Waals surface area contributed by atoms with E-state index in [2.05, 4.69) is 0 Å². The first-order valence-corrected chi connectivity index (χ1v) is 5.45. The van der Waals surface area contributed by atoms with Crippen LogP contribution in [0.15, 0.2) is 0 Å². The summed E-state index contributed by atoms with van der Waals surface area (Å²) >= 11 is 0. The van der Waals surface area contributed by atoms with E-state index in [0.717, 1.165) is 0 Å². The number of hydrogen-bond acceptors (Lipinski definition) is 2. The number of carbonyl (C=O) groups is 2. The highest BCUT2D eigenvalue weighted by molar-refractivity contribution is 5.80. The van der Waals surface area contributed by atoms with E-state index in [-0.39, 0.29) is 11.8 Å². The van der Waals surface area contributed by atoms with E-state index in [0.29, 0.717) is 6.42 Å². The maximum absolute atomic E-state index is 11.9. The van der Waals surface area contributed by atoms with Crippen LogP contribution in [0.25, 0.3) is 0 Å². The Bertz CT molecular complexity index is 269. The molecule has 0 fully saturated rings. The summed E-state index contributed by atoms with van der Waals surface area (Å²) in [6.45, 7) is 11.2. The van der Waals surface area contributed by atoms with Crippen molar-refractivity contribution in [2.45, 2.75) is 59.5 Å². The molecule has 0 aliphatic rings. The van der Waals surface area contributed by atoms with E-state index in [1.165, 1.54) is 0 Å². The van der Waals surface area contributed by atoms with Crippen LogP contribution in [-0.4, -0.2) is 28.7 Å². The summed E-state index contributed by atoms with van der Waals surface area (Å²) in [4.78, 5) is 24.8. The van der Waals surface area contributed by atoms with E-state index in [9.17, 15) is 9.59 Å². The van der Waals surface area contributed by atoms with E-state index in [1.807, 2.05) is 34.6 Å². The summed E-state index contributed by atoms with van der Waals surface area (Å²) in [5.41, 5.74) is -0.432. The highest BCUT2D eigenvalue weighted by Gasteiger charge is 2.33. The van der Waals surface area contributed by atoms with Gasteiger partial charge in [-0.2, -0.15) is 0 Å². The van der Waals surface area contributed by atoms with Gasteiger partial charge in [0.05, 0.1) is 6.04 Å². The monoisotopic (exact) mass is 214 g/mol. The Kier molecular flexibility index (Phi) is 4.30. The number of amides is 1. The van der Waals surface area contributed by atoms with Crippen molar-refractivity contribution in [1.29, 1.82) is 0 Å². The maximum atomic E-state index is 11.9. The van der Waals surface area contributed by atoms with Gasteiger partial charge in [0, 0.05) is 12.0 Å². The van der Waals surface area contributed by atoms with Gasteiger partial charge in [0.15, 0.2) is 0 Å². The third kappa shape index (κ3) is 3.65. The van der Waals surface area contributed by atoms with Crippen molar-refractivity contribution in [3.05, 3.63) is 0 Å². The minimum atomic E-state index is -0.688. The smallest absolute Gasteiger partial charge is 0.223 e. The second kappa shape index (κ2) is 5.29. The van der Waals surface area contributed by atoms with Gasteiger partial charge in [-0.25, -0.2) is 0 Å². The standard InChI is InChI=1S/C12H23NO2/c1-7-11(15)13(12(4,5)6)10(8-14)9(2)3/h8-10H,7H2,1-6H3/t10-/m1/s1/i8D. The van der Waals surface area contributed by atoms with E-state index >= 15 is 0 Å². The summed E-state index contributed by atoms with van der Waals surface area (Å²) < 4.78 is 7.31. The molecule has 0 saturated carbocycles. The minimum Gasteiger partial charge on any atom is -0.328 e. The molecule has 0 unspecified atom stereocenters. The van der Waals surface area contributed by atoms with E-state index in [1.54, 1.807) is 11.8 Å². The normalized spacial score (nSPS) is 14.7. The summed E-state index contributed by atoms with van der Waals surface area (Å²) in [6.07, 6.45) is -0.333. The molecule has 0 aliphatic carbocycles. The molecular weight excluding hydrogens is 190 g/mol. The average Bonchev–Trinajstić information content (AvgIpc) is 2.09. The zero-order valence-corrected chi connectivity index (χ0v) is 10.6. The van der Waals surface area contributed by atoms with Crippen LogP contribution in [0.2, 0.25) is 0 Å². The molecule has 88 valence electrons. The third-order valence-electron chi connectivity index (χ3n) is 2.32. The summed E-state index contributed by atoms with van der Waals surface area (Å²) in [7, 11) is 0. The molecule has 0 aromatic rings. The van der Waals surface area contributed by atoms with Gasteiger partial charge in [-0.05, 0) is 26.7 Å². The maximum Gasteiger partial charge on any atom is 0.223 e. The zero-order chi connectivity index (χ0) is 13.1. The van der Waals surface area contributed by atoms with Crippen molar-refractivity contribution < 1.29 is 11.0 Å². The molecule has 0 aromatic heterocycles. The van der Waals surface area contributed by atoms with Crippen molar-refractivity contribution in [3.8, 4) is 0 Å². The molecule has 0 N–H and O–H groups in total. The van der Waals surface area contributed by atoms with Gasteiger partial charge in [0.1, 0.15) is 7.63 Å². The second-order valence-electron chi connectivity index (χ2n) is 5.09. The molecule has 3 nitrogen and oxygen atoms in total. The Morgan fingerprint density at radius 3 is 2.13 bits per heavy atom. The largest absolute Gasteiger partial charge is 0.328 e. The first-order chi connectivity index (χ1) is 7.12. The van der Waals surface area contributed by atoms with Crippen molar-refractivity contribution in [3.63, 3.8) is 0 Å². The lowest BCUT2D eigenvalue weighted by Crippen LogP contribution is -2.54. The number of nitrogens with zero attached hydrogens (tertiary/aromatic N) is 1. The summed E-state index contributed by atoms with van der Waals surface area (Å²) in [5.74, 6) is -0.119. The van der Waals surface area contributed by atoms with Crippen LogP contribution in [0.3, 0.4) is 0 Å². The highest BCUT2D eigenvalue weighted by Crippen LogP contribution is 2.21. The quantitative estimate of drug-likeness (QED) is 0.673. The molecule has 0 aliphatic heterocycles. The van der Waals surface area contributed by atoms with Crippen molar-refractivity contribution >= 4 is 12.2 Å². The molecule has 0 bridgehead atoms. The number of aldehydes is 1. The average molecular weight is 214 g/mol. The molecule has 1 amide bonds. The second-order valence-corrected chi connectivity index (χ2v) is 5.09. The van der Waals surface area contributed by atoms with Gasteiger partial charge in [-0.15, -0.1) is 0 Å². The number of hydrogen-bond donors (Lipinski definition) is 0. The fourth-order valence-electron chi connectivity index (χ4n) is 1.60. The van der Waals surface area contributed by atoms with Gasteiger partial charge in [0.2, 0.25) is 5.91 Å². The lowest BCUT2D eigenvalue weighted by molar-refractivity contribution is -0.143. The SMILES string of the molecule is [2H]C(=O)[C@H](C(C)C)N(C(=O)CC)C(C)(C)C. The molecule has 0 aromatic carbocycles. The molecule has 0 saturated heterocycles. The Labute approximate surface area is 94.2 Å². The first-order valence-electron chi connectivity index (χ1n) is 5.95. The molecular formula is C12H23NO2. The predicted octanol–water partition coefficient (Wildman–Crippen LogP) is 2.25. The fourth-order valence-corrected chi connectivity index (χ4v) is 1.60. The molecule has 15 heavy (non-hydrogen) atoms. The predicted molar refractivity (Wildman–Crippen MR) is 61.6 cm³/mol. The molecule has 0 spiro atoms. The molecule has 0 heterocycles. The van der Waals surface area contributed by atoms with Crippen LogP contribution < -0.4 is 0 Å². The van der Waals surface area contributed by atoms with Gasteiger partial charge in [-0.3, -0.25) is 4.79 Å². The van der Waals surface area contributed by atoms with E-state index < -0.39 is 17.8 Å². The Morgan fingerprint density at radius 1 is 1.47 bits per heavy atom. The van der Waals surface area contributed by atoms with Gasteiger partial charge in [0.25, 0.3) is 0 Å². The molecule has 1 atom stereocenters. The zero-order valence-electron chi connectivity index (χ0n) is 11.6.